The number of anilines is 1. The van der Waals surface area contributed by atoms with Gasteiger partial charge in [0, 0.05) is 23.2 Å². The first-order valence-electron chi connectivity index (χ1n) is 4.72. The second-order valence-corrected chi connectivity index (χ2v) is 3.71. The molecule has 0 saturated carbocycles. The van der Waals surface area contributed by atoms with Gasteiger partial charge in [0.15, 0.2) is 5.78 Å². The molecule has 0 atom stereocenters. The van der Waals surface area contributed by atoms with E-state index < -0.39 is 0 Å². The molecule has 0 saturated heterocycles. The fourth-order valence-corrected chi connectivity index (χ4v) is 1.88. The van der Waals surface area contributed by atoms with Gasteiger partial charge >= 0.3 is 0 Å². The molecule has 74 valence electrons. The fourth-order valence-electron chi connectivity index (χ4n) is 1.88. The molecular formula is C11H12FNO. The summed E-state index contributed by atoms with van der Waals surface area (Å²) in [6, 6.07) is 1.61. The van der Waals surface area contributed by atoms with Crippen molar-refractivity contribution in [1.82, 2.24) is 0 Å². The third-order valence-corrected chi connectivity index (χ3v) is 2.78. The van der Waals surface area contributed by atoms with Crippen LogP contribution in [0.5, 0.6) is 0 Å². The van der Waals surface area contributed by atoms with E-state index in [0.29, 0.717) is 35.2 Å². The molecule has 1 aromatic carbocycles. The van der Waals surface area contributed by atoms with Crippen LogP contribution < -0.4 is 5.73 Å². The van der Waals surface area contributed by atoms with Crippen LogP contribution in [-0.4, -0.2) is 5.78 Å². The number of fused-ring (bicyclic) bond motifs is 1. The van der Waals surface area contributed by atoms with Crippen molar-refractivity contribution in [1.29, 1.82) is 0 Å². The summed E-state index contributed by atoms with van der Waals surface area (Å²) >= 11 is 0. The van der Waals surface area contributed by atoms with E-state index in [0.717, 1.165) is 6.42 Å². The van der Waals surface area contributed by atoms with Gasteiger partial charge in [-0.1, -0.05) is 0 Å². The van der Waals surface area contributed by atoms with Crippen molar-refractivity contribution in [2.75, 3.05) is 5.73 Å². The number of carbonyl (C=O) groups excluding carboxylic acids is 1. The molecule has 0 unspecified atom stereocenters. The van der Waals surface area contributed by atoms with Crippen molar-refractivity contribution in [3.05, 3.63) is 28.6 Å². The summed E-state index contributed by atoms with van der Waals surface area (Å²) in [7, 11) is 0. The Hall–Kier alpha value is -1.38. The van der Waals surface area contributed by atoms with Crippen molar-refractivity contribution < 1.29 is 9.18 Å². The number of nitrogens with two attached hydrogens (primary N) is 1. The second kappa shape index (κ2) is 3.08. The molecular weight excluding hydrogens is 181 g/mol. The zero-order valence-electron chi connectivity index (χ0n) is 8.06. The van der Waals surface area contributed by atoms with Crippen molar-refractivity contribution in [2.24, 2.45) is 0 Å². The van der Waals surface area contributed by atoms with Gasteiger partial charge in [0.05, 0.1) is 0 Å². The highest BCUT2D eigenvalue weighted by atomic mass is 19.1. The number of carbonyl (C=O) groups is 1. The predicted octanol–water partition coefficient (Wildman–Crippen LogP) is 2.24. The highest BCUT2D eigenvalue weighted by molar-refractivity contribution is 5.99. The molecule has 1 aromatic rings. The van der Waals surface area contributed by atoms with E-state index >= 15 is 0 Å². The lowest BCUT2D eigenvalue weighted by Gasteiger charge is -2.17. The molecule has 0 heterocycles. The highest BCUT2D eigenvalue weighted by Gasteiger charge is 2.22. The second-order valence-electron chi connectivity index (χ2n) is 3.71. The average Bonchev–Trinajstić information content (AvgIpc) is 2.17. The number of Topliss-reactive ketones (excluding diaryl/α,β-unsaturated/α-hetero) is 1. The number of ketones is 1. The number of rotatable bonds is 0. The molecule has 0 aromatic heterocycles. The Morgan fingerprint density at radius 1 is 1.43 bits per heavy atom. The molecule has 2 nitrogen and oxygen atoms in total. The van der Waals surface area contributed by atoms with Crippen LogP contribution in [-0.2, 0) is 6.42 Å². The van der Waals surface area contributed by atoms with E-state index in [9.17, 15) is 9.18 Å². The van der Waals surface area contributed by atoms with Gasteiger partial charge in [-0.05, 0) is 31.4 Å². The molecule has 0 radical (unpaired) electrons. The Labute approximate surface area is 81.9 Å². The third-order valence-electron chi connectivity index (χ3n) is 2.78. The van der Waals surface area contributed by atoms with Crippen molar-refractivity contribution in [3.63, 3.8) is 0 Å². The average molecular weight is 193 g/mol. The quantitative estimate of drug-likeness (QED) is 0.642. The van der Waals surface area contributed by atoms with Gasteiger partial charge in [0.25, 0.3) is 0 Å². The van der Waals surface area contributed by atoms with Crippen LogP contribution in [0.1, 0.15) is 34.3 Å². The number of halogens is 1. The van der Waals surface area contributed by atoms with E-state index in [1.54, 1.807) is 13.0 Å². The van der Waals surface area contributed by atoms with Gasteiger partial charge in [-0.3, -0.25) is 4.79 Å². The molecule has 2 rings (SSSR count). The molecule has 2 N–H and O–H groups in total. The summed E-state index contributed by atoms with van der Waals surface area (Å²) in [5, 5.41) is 0. The van der Waals surface area contributed by atoms with Gasteiger partial charge in [-0.25, -0.2) is 4.39 Å². The first kappa shape index (κ1) is 9.19. The normalized spacial score (nSPS) is 15.4. The molecule has 3 heteroatoms. The fraction of sp³-hybridized carbons (Fsp3) is 0.364. The Bertz CT molecular complexity index is 412. The Kier molecular flexibility index (Phi) is 2.02. The topological polar surface area (TPSA) is 43.1 Å². The van der Waals surface area contributed by atoms with Crippen LogP contribution in [0.25, 0.3) is 0 Å². The van der Waals surface area contributed by atoms with Crippen LogP contribution in [0.3, 0.4) is 0 Å². The third kappa shape index (κ3) is 1.20. The SMILES string of the molecule is Cc1c(N)cc2c(c1F)CCCC2=O. The van der Waals surface area contributed by atoms with E-state index in [1.807, 2.05) is 0 Å². The standard InChI is InChI=1S/C11H12FNO/c1-6-9(13)5-8-7(11(6)12)3-2-4-10(8)14/h5H,2-4,13H2,1H3. The minimum Gasteiger partial charge on any atom is -0.398 e. The molecule has 0 spiro atoms. The van der Waals surface area contributed by atoms with Crippen LogP contribution in [0.2, 0.25) is 0 Å². The Morgan fingerprint density at radius 2 is 2.14 bits per heavy atom. The Balaban J connectivity index is 2.69. The van der Waals surface area contributed by atoms with Gasteiger partial charge in [0.2, 0.25) is 0 Å². The molecule has 0 amide bonds. The summed E-state index contributed by atoms with van der Waals surface area (Å²) in [6.07, 6.45) is 1.90. The zero-order chi connectivity index (χ0) is 10.3. The molecule has 1 aliphatic rings. The number of nitrogen functional groups attached to an aromatic ring is 1. The van der Waals surface area contributed by atoms with Gasteiger partial charge < -0.3 is 5.73 Å². The summed E-state index contributed by atoms with van der Waals surface area (Å²) in [6.45, 7) is 1.64. The lowest BCUT2D eigenvalue weighted by Crippen LogP contribution is -2.14. The van der Waals surface area contributed by atoms with Crippen LogP contribution >= 0.6 is 0 Å². The molecule has 0 bridgehead atoms. The van der Waals surface area contributed by atoms with Crippen LogP contribution in [0, 0.1) is 12.7 Å². The summed E-state index contributed by atoms with van der Waals surface area (Å²) < 4.78 is 13.7. The lowest BCUT2D eigenvalue weighted by atomic mass is 9.88. The summed E-state index contributed by atoms with van der Waals surface area (Å²) in [5.74, 6) is -0.287. The van der Waals surface area contributed by atoms with Crippen LogP contribution in [0.4, 0.5) is 10.1 Å². The van der Waals surface area contributed by atoms with E-state index in [1.165, 1.54) is 0 Å². The van der Waals surface area contributed by atoms with Gasteiger partial charge in [-0.15, -0.1) is 0 Å². The molecule has 1 aliphatic carbocycles. The summed E-state index contributed by atoms with van der Waals surface area (Å²) in [5.41, 5.74) is 7.48. The van der Waals surface area contributed by atoms with Crippen molar-refractivity contribution in [2.45, 2.75) is 26.2 Å². The molecule has 0 aliphatic heterocycles. The lowest BCUT2D eigenvalue weighted by molar-refractivity contribution is 0.0971. The molecule has 14 heavy (non-hydrogen) atoms. The minimum atomic E-state index is -0.298. The summed E-state index contributed by atoms with van der Waals surface area (Å²) in [4.78, 5) is 11.5. The monoisotopic (exact) mass is 193 g/mol. The van der Waals surface area contributed by atoms with E-state index in [2.05, 4.69) is 0 Å². The largest absolute Gasteiger partial charge is 0.398 e. The van der Waals surface area contributed by atoms with E-state index in [4.69, 9.17) is 5.73 Å². The highest BCUT2D eigenvalue weighted by Crippen LogP contribution is 2.29. The van der Waals surface area contributed by atoms with Crippen molar-refractivity contribution in [3.8, 4) is 0 Å². The maximum absolute atomic E-state index is 13.7. The van der Waals surface area contributed by atoms with E-state index in [-0.39, 0.29) is 11.6 Å². The van der Waals surface area contributed by atoms with Crippen molar-refractivity contribution >= 4 is 11.5 Å². The predicted molar refractivity (Wildman–Crippen MR) is 52.8 cm³/mol. The smallest absolute Gasteiger partial charge is 0.163 e. The first-order valence-corrected chi connectivity index (χ1v) is 4.72. The molecule has 0 fully saturated rings. The maximum Gasteiger partial charge on any atom is 0.163 e. The number of hydrogen-bond donors (Lipinski definition) is 1. The van der Waals surface area contributed by atoms with Gasteiger partial charge in [0.1, 0.15) is 5.82 Å². The Morgan fingerprint density at radius 3 is 2.86 bits per heavy atom. The minimum absolute atomic E-state index is 0.0110. The number of hydrogen-bond acceptors (Lipinski definition) is 2. The van der Waals surface area contributed by atoms with Gasteiger partial charge in [-0.2, -0.15) is 0 Å². The zero-order valence-corrected chi connectivity index (χ0v) is 8.06. The maximum atomic E-state index is 13.7. The number of benzene rings is 1. The first-order chi connectivity index (χ1) is 6.61. The van der Waals surface area contributed by atoms with Crippen LogP contribution in [0.15, 0.2) is 6.07 Å².